The lowest BCUT2D eigenvalue weighted by molar-refractivity contribution is -0.118. The van der Waals surface area contributed by atoms with Gasteiger partial charge in [-0.2, -0.15) is 0 Å². The average molecular weight is 396 g/mol. The lowest BCUT2D eigenvalue weighted by atomic mass is 10.1. The Bertz CT molecular complexity index is 805. The van der Waals surface area contributed by atoms with Crippen LogP contribution in [0, 0.1) is 0 Å². The van der Waals surface area contributed by atoms with Gasteiger partial charge in [-0.1, -0.05) is 23.2 Å². The molecular formula is C19H19Cl2NO4. The highest BCUT2D eigenvalue weighted by atomic mass is 35.5. The van der Waals surface area contributed by atoms with Gasteiger partial charge in [-0.05, 0) is 38.1 Å². The third kappa shape index (κ3) is 4.54. The predicted octanol–water partition coefficient (Wildman–Crippen LogP) is 4.73. The van der Waals surface area contributed by atoms with Crippen LogP contribution >= 0.6 is 23.2 Å². The number of benzene rings is 2. The number of hydrogen-bond acceptors (Lipinski definition) is 4. The Kier molecular flexibility index (Phi) is 5.79. The summed E-state index contributed by atoms with van der Waals surface area (Å²) < 4.78 is 16.9. The van der Waals surface area contributed by atoms with Gasteiger partial charge in [0.05, 0.1) is 12.3 Å². The SMILES string of the molecule is CCOc1cc2c(cc1NC(=O)COc1cc(Cl)cc(Cl)c1)O[C@@H](C)C2. The summed E-state index contributed by atoms with van der Waals surface area (Å²) in [7, 11) is 0. The molecule has 0 bridgehead atoms. The zero-order valence-electron chi connectivity index (χ0n) is 14.5. The normalized spacial score (nSPS) is 15.2. The minimum atomic E-state index is -0.326. The summed E-state index contributed by atoms with van der Waals surface area (Å²) in [5.41, 5.74) is 1.63. The van der Waals surface area contributed by atoms with E-state index >= 15 is 0 Å². The van der Waals surface area contributed by atoms with E-state index in [1.54, 1.807) is 24.3 Å². The molecule has 3 rings (SSSR count). The van der Waals surface area contributed by atoms with Gasteiger partial charge in [0.2, 0.25) is 0 Å². The molecule has 7 heteroatoms. The highest BCUT2D eigenvalue weighted by Crippen LogP contribution is 2.38. The van der Waals surface area contributed by atoms with E-state index in [0.717, 1.165) is 17.7 Å². The number of fused-ring (bicyclic) bond motifs is 1. The molecule has 1 heterocycles. The van der Waals surface area contributed by atoms with Crippen LogP contribution in [-0.4, -0.2) is 25.2 Å². The molecule has 0 fully saturated rings. The van der Waals surface area contributed by atoms with Crippen molar-refractivity contribution in [3.63, 3.8) is 0 Å². The van der Waals surface area contributed by atoms with E-state index in [1.165, 1.54) is 0 Å². The van der Waals surface area contributed by atoms with Crippen LogP contribution in [0.25, 0.3) is 0 Å². The first kappa shape index (κ1) is 18.7. The van der Waals surface area contributed by atoms with Crippen molar-refractivity contribution in [2.45, 2.75) is 26.4 Å². The molecule has 0 aromatic heterocycles. The van der Waals surface area contributed by atoms with E-state index in [-0.39, 0.29) is 18.6 Å². The van der Waals surface area contributed by atoms with Gasteiger partial charge in [-0.15, -0.1) is 0 Å². The first-order valence-corrected chi connectivity index (χ1v) is 9.05. The molecule has 0 radical (unpaired) electrons. The molecule has 26 heavy (non-hydrogen) atoms. The Morgan fingerprint density at radius 3 is 2.62 bits per heavy atom. The Balaban J connectivity index is 1.69. The quantitative estimate of drug-likeness (QED) is 0.767. The summed E-state index contributed by atoms with van der Waals surface area (Å²) in [4.78, 5) is 12.3. The first-order valence-electron chi connectivity index (χ1n) is 8.29. The van der Waals surface area contributed by atoms with Crippen LogP contribution in [0.3, 0.4) is 0 Å². The summed E-state index contributed by atoms with van der Waals surface area (Å²) in [6, 6.07) is 8.48. The predicted molar refractivity (Wildman–Crippen MR) is 102 cm³/mol. The van der Waals surface area contributed by atoms with Crippen molar-refractivity contribution in [1.29, 1.82) is 0 Å². The zero-order valence-corrected chi connectivity index (χ0v) is 16.0. The van der Waals surface area contributed by atoms with Crippen molar-refractivity contribution in [1.82, 2.24) is 0 Å². The van der Waals surface area contributed by atoms with Crippen LogP contribution in [0.2, 0.25) is 10.0 Å². The highest BCUT2D eigenvalue weighted by Gasteiger charge is 2.22. The maximum atomic E-state index is 12.3. The third-order valence-electron chi connectivity index (χ3n) is 3.78. The van der Waals surface area contributed by atoms with Gasteiger partial charge in [0.25, 0.3) is 5.91 Å². The van der Waals surface area contributed by atoms with Gasteiger partial charge in [0.1, 0.15) is 23.4 Å². The summed E-state index contributed by atoms with van der Waals surface area (Å²) in [6.45, 7) is 4.21. The Labute approximate surface area is 162 Å². The second-order valence-corrected chi connectivity index (χ2v) is 6.84. The first-order chi connectivity index (χ1) is 12.4. The van der Waals surface area contributed by atoms with Crippen molar-refractivity contribution in [2.24, 2.45) is 0 Å². The molecule has 1 N–H and O–H groups in total. The molecule has 0 spiro atoms. The lowest BCUT2D eigenvalue weighted by Gasteiger charge is -2.14. The molecular weight excluding hydrogens is 377 g/mol. The minimum absolute atomic E-state index is 0.112. The van der Waals surface area contributed by atoms with Gasteiger partial charge >= 0.3 is 0 Å². The summed E-state index contributed by atoms with van der Waals surface area (Å²) in [5, 5.41) is 3.69. The molecule has 0 saturated heterocycles. The number of carbonyl (C=O) groups excluding carboxylic acids is 1. The molecule has 0 unspecified atom stereocenters. The second kappa shape index (κ2) is 8.06. The van der Waals surface area contributed by atoms with E-state index in [2.05, 4.69) is 5.32 Å². The van der Waals surface area contributed by atoms with Crippen LogP contribution in [-0.2, 0) is 11.2 Å². The standard InChI is InChI=1S/C19H19Cl2NO4/c1-3-24-18-5-12-4-11(2)26-17(12)9-16(18)22-19(23)10-25-15-7-13(20)6-14(21)8-15/h5-9,11H,3-4,10H2,1-2H3,(H,22,23)/t11-/m0/s1. The number of amides is 1. The largest absolute Gasteiger partial charge is 0.492 e. The maximum Gasteiger partial charge on any atom is 0.262 e. The van der Waals surface area contributed by atoms with Crippen molar-refractivity contribution in [2.75, 3.05) is 18.5 Å². The highest BCUT2D eigenvalue weighted by molar-refractivity contribution is 6.34. The summed E-state index contributed by atoms with van der Waals surface area (Å²) >= 11 is 11.8. The van der Waals surface area contributed by atoms with Crippen molar-refractivity contribution < 1.29 is 19.0 Å². The summed E-state index contributed by atoms with van der Waals surface area (Å²) in [5.74, 6) is 1.48. The van der Waals surface area contributed by atoms with Crippen molar-refractivity contribution >= 4 is 34.8 Å². The van der Waals surface area contributed by atoms with Gasteiger partial charge < -0.3 is 19.5 Å². The van der Waals surface area contributed by atoms with Gasteiger partial charge in [0, 0.05) is 28.1 Å². The maximum absolute atomic E-state index is 12.3. The van der Waals surface area contributed by atoms with Crippen LogP contribution in [0.4, 0.5) is 5.69 Å². The van der Waals surface area contributed by atoms with E-state index in [4.69, 9.17) is 37.4 Å². The number of carbonyl (C=O) groups is 1. The fraction of sp³-hybridized carbons (Fsp3) is 0.316. The van der Waals surface area contributed by atoms with E-state index in [9.17, 15) is 4.79 Å². The van der Waals surface area contributed by atoms with Crippen LogP contribution < -0.4 is 19.5 Å². The van der Waals surface area contributed by atoms with Gasteiger partial charge in [-0.3, -0.25) is 4.79 Å². The Hall–Kier alpha value is -2.11. The fourth-order valence-electron chi connectivity index (χ4n) is 2.76. The summed E-state index contributed by atoms with van der Waals surface area (Å²) in [6.07, 6.45) is 0.934. The number of rotatable bonds is 6. The lowest BCUT2D eigenvalue weighted by Crippen LogP contribution is -2.20. The van der Waals surface area contributed by atoms with E-state index in [1.807, 2.05) is 19.9 Å². The molecule has 1 atom stereocenters. The van der Waals surface area contributed by atoms with Gasteiger partial charge in [0.15, 0.2) is 6.61 Å². The number of nitrogens with one attached hydrogen (secondary N) is 1. The zero-order chi connectivity index (χ0) is 18.7. The third-order valence-corrected chi connectivity index (χ3v) is 4.21. The molecule has 2 aromatic carbocycles. The molecule has 0 aliphatic carbocycles. The average Bonchev–Trinajstić information content (AvgIpc) is 2.91. The topological polar surface area (TPSA) is 56.8 Å². The van der Waals surface area contributed by atoms with E-state index < -0.39 is 0 Å². The number of ether oxygens (including phenoxy) is 3. The van der Waals surface area contributed by atoms with Crippen LogP contribution in [0.1, 0.15) is 19.4 Å². The molecule has 1 aliphatic heterocycles. The van der Waals surface area contributed by atoms with Crippen LogP contribution in [0.15, 0.2) is 30.3 Å². The molecule has 1 aliphatic rings. The Morgan fingerprint density at radius 1 is 1.19 bits per heavy atom. The molecule has 5 nitrogen and oxygen atoms in total. The monoisotopic (exact) mass is 395 g/mol. The molecule has 2 aromatic rings. The minimum Gasteiger partial charge on any atom is -0.492 e. The molecule has 0 saturated carbocycles. The van der Waals surface area contributed by atoms with Gasteiger partial charge in [-0.25, -0.2) is 0 Å². The van der Waals surface area contributed by atoms with Crippen molar-refractivity contribution in [3.05, 3.63) is 45.9 Å². The van der Waals surface area contributed by atoms with Crippen LogP contribution in [0.5, 0.6) is 17.2 Å². The smallest absolute Gasteiger partial charge is 0.262 e. The van der Waals surface area contributed by atoms with E-state index in [0.29, 0.717) is 33.8 Å². The molecule has 1 amide bonds. The number of anilines is 1. The molecule has 138 valence electrons. The Morgan fingerprint density at radius 2 is 1.92 bits per heavy atom. The fourth-order valence-corrected chi connectivity index (χ4v) is 3.27. The number of hydrogen-bond donors (Lipinski definition) is 1. The number of halogens is 2. The van der Waals surface area contributed by atoms with Crippen molar-refractivity contribution in [3.8, 4) is 17.2 Å². The second-order valence-electron chi connectivity index (χ2n) is 5.96.